The van der Waals surface area contributed by atoms with Crippen LogP contribution >= 0.6 is 11.6 Å². The van der Waals surface area contributed by atoms with Crippen LogP contribution in [0.2, 0.25) is 5.02 Å². The minimum Gasteiger partial charge on any atom is -0.463 e. The van der Waals surface area contributed by atoms with E-state index in [1.54, 1.807) is 44.2 Å². The normalized spacial score (nSPS) is 11.8. The Morgan fingerprint density at radius 3 is 2.56 bits per heavy atom. The molecule has 7 heteroatoms. The summed E-state index contributed by atoms with van der Waals surface area (Å²) in [6.07, 6.45) is 1.07. The molecule has 1 heterocycles. The highest BCUT2D eigenvalue weighted by molar-refractivity contribution is 6.31. The lowest BCUT2D eigenvalue weighted by molar-refractivity contribution is -0.147. The number of amides is 1. The Morgan fingerprint density at radius 1 is 1.20 bits per heavy atom. The van der Waals surface area contributed by atoms with Crippen LogP contribution in [0, 0.1) is 0 Å². The fraction of sp³-hybridized carbons (Fsp3) is 0.278. The van der Waals surface area contributed by atoms with Crippen molar-refractivity contribution in [1.82, 2.24) is 10.3 Å². The molecule has 0 aliphatic rings. The predicted octanol–water partition coefficient (Wildman–Crippen LogP) is 2.84. The third kappa shape index (κ3) is 5.19. The number of carbonyl (C=O) groups excluding carboxylic acids is 2. The van der Waals surface area contributed by atoms with Gasteiger partial charge in [-0.05, 0) is 37.6 Å². The van der Waals surface area contributed by atoms with Crippen LogP contribution in [0.4, 0.5) is 0 Å². The van der Waals surface area contributed by atoms with Gasteiger partial charge in [0.15, 0.2) is 0 Å². The molecule has 1 aromatic heterocycles. The first-order valence-corrected chi connectivity index (χ1v) is 8.18. The topological polar surface area (TPSA) is 88.3 Å². The number of hydrogen-bond acceptors (Lipinski definition) is 4. The van der Waals surface area contributed by atoms with Crippen molar-refractivity contribution >= 4 is 23.5 Å². The van der Waals surface area contributed by atoms with E-state index in [4.69, 9.17) is 16.3 Å². The van der Waals surface area contributed by atoms with Crippen molar-refractivity contribution in [3.63, 3.8) is 0 Å². The largest absolute Gasteiger partial charge is 0.463 e. The summed E-state index contributed by atoms with van der Waals surface area (Å²) in [6.45, 7) is 3.48. The molecule has 0 aliphatic carbocycles. The molecule has 2 aromatic rings. The predicted molar refractivity (Wildman–Crippen MR) is 94.6 cm³/mol. The number of esters is 1. The maximum absolute atomic E-state index is 12.4. The second-order valence-electron chi connectivity index (χ2n) is 5.70. The van der Waals surface area contributed by atoms with Gasteiger partial charge in [0, 0.05) is 11.2 Å². The van der Waals surface area contributed by atoms with Gasteiger partial charge in [-0.15, -0.1) is 0 Å². The van der Waals surface area contributed by atoms with Crippen LogP contribution in [0.3, 0.4) is 0 Å². The number of hydrogen-bond donors (Lipinski definition) is 2. The zero-order chi connectivity index (χ0) is 18.4. The van der Waals surface area contributed by atoms with Gasteiger partial charge in [0.25, 0.3) is 11.5 Å². The Kier molecular flexibility index (Phi) is 6.36. The van der Waals surface area contributed by atoms with Crippen LogP contribution in [-0.2, 0) is 9.53 Å². The molecule has 0 saturated heterocycles. The van der Waals surface area contributed by atoms with Gasteiger partial charge in [-0.25, -0.2) is 0 Å². The van der Waals surface area contributed by atoms with Crippen LogP contribution in [-0.4, -0.2) is 23.0 Å². The van der Waals surface area contributed by atoms with Crippen molar-refractivity contribution < 1.29 is 14.3 Å². The van der Waals surface area contributed by atoms with Crippen molar-refractivity contribution in [3.8, 4) is 0 Å². The molecule has 132 valence electrons. The van der Waals surface area contributed by atoms with Gasteiger partial charge in [-0.1, -0.05) is 29.8 Å². The summed E-state index contributed by atoms with van der Waals surface area (Å²) >= 11 is 6.20. The van der Waals surface area contributed by atoms with E-state index in [0.717, 1.165) is 0 Å². The van der Waals surface area contributed by atoms with E-state index >= 15 is 0 Å². The third-order valence-corrected chi connectivity index (χ3v) is 3.73. The summed E-state index contributed by atoms with van der Waals surface area (Å²) < 4.78 is 5.15. The zero-order valence-corrected chi connectivity index (χ0v) is 14.7. The van der Waals surface area contributed by atoms with E-state index in [9.17, 15) is 14.4 Å². The molecule has 0 spiro atoms. The Morgan fingerprint density at radius 2 is 1.92 bits per heavy atom. The molecule has 1 unspecified atom stereocenters. The van der Waals surface area contributed by atoms with Gasteiger partial charge in [0.05, 0.1) is 18.6 Å². The fourth-order valence-corrected chi connectivity index (χ4v) is 2.58. The van der Waals surface area contributed by atoms with E-state index in [1.807, 2.05) is 0 Å². The monoisotopic (exact) mass is 362 g/mol. The van der Waals surface area contributed by atoms with Crippen LogP contribution in [0.25, 0.3) is 0 Å². The molecule has 2 rings (SSSR count). The number of H-pyrrole nitrogens is 1. The average Bonchev–Trinajstić information content (AvgIpc) is 2.54. The number of rotatable bonds is 6. The highest BCUT2D eigenvalue weighted by Crippen LogP contribution is 2.26. The smallest absolute Gasteiger partial charge is 0.308 e. The molecule has 2 N–H and O–H groups in total. The number of nitrogens with one attached hydrogen (secondary N) is 2. The SMILES string of the molecule is CC(C)OC(=O)CC(NC(=O)c1ccc[nH]c1=O)c1ccccc1Cl. The van der Waals surface area contributed by atoms with Crippen LogP contribution < -0.4 is 10.9 Å². The Bertz CT molecular complexity index is 816. The molecule has 6 nitrogen and oxygen atoms in total. The third-order valence-electron chi connectivity index (χ3n) is 3.39. The van der Waals surface area contributed by atoms with Gasteiger partial charge >= 0.3 is 5.97 Å². The van der Waals surface area contributed by atoms with Gasteiger partial charge in [-0.2, -0.15) is 0 Å². The molecule has 0 fully saturated rings. The second-order valence-corrected chi connectivity index (χ2v) is 6.11. The molecule has 0 radical (unpaired) electrons. The highest BCUT2D eigenvalue weighted by atomic mass is 35.5. The number of carbonyl (C=O) groups is 2. The zero-order valence-electron chi connectivity index (χ0n) is 13.9. The molecule has 0 saturated carbocycles. The first-order valence-electron chi connectivity index (χ1n) is 7.81. The molecular weight excluding hydrogens is 344 g/mol. The van der Waals surface area contributed by atoms with Crippen LogP contribution in [0.1, 0.15) is 42.2 Å². The van der Waals surface area contributed by atoms with E-state index in [2.05, 4.69) is 10.3 Å². The number of halogens is 1. The lowest BCUT2D eigenvalue weighted by Gasteiger charge is -2.20. The van der Waals surface area contributed by atoms with Gasteiger partial charge in [0.1, 0.15) is 5.56 Å². The van der Waals surface area contributed by atoms with Gasteiger partial charge in [-0.3, -0.25) is 14.4 Å². The summed E-state index contributed by atoms with van der Waals surface area (Å²) in [6, 6.07) is 9.12. The maximum Gasteiger partial charge on any atom is 0.308 e. The fourth-order valence-electron chi connectivity index (χ4n) is 2.31. The first kappa shape index (κ1) is 18.7. The Labute approximate surface area is 150 Å². The molecule has 1 atom stereocenters. The second kappa shape index (κ2) is 8.48. The minimum atomic E-state index is -0.716. The van der Waals surface area contributed by atoms with Crippen molar-refractivity contribution in [2.75, 3.05) is 0 Å². The standard InChI is InChI=1S/C18H19ClN2O4/c1-11(2)25-16(22)10-15(12-6-3-4-8-14(12)19)21-18(24)13-7-5-9-20-17(13)23/h3-9,11,15H,10H2,1-2H3,(H,20,23)(H,21,24). The van der Waals surface area contributed by atoms with Crippen LogP contribution in [0.15, 0.2) is 47.4 Å². The van der Waals surface area contributed by atoms with Crippen molar-refractivity contribution in [3.05, 3.63) is 69.1 Å². The van der Waals surface area contributed by atoms with E-state index in [0.29, 0.717) is 10.6 Å². The lowest BCUT2D eigenvalue weighted by atomic mass is 10.0. The minimum absolute atomic E-state index is 0.0446. The van der Waals surface area contributed by atoms with E-state index < -0.39 is 23.5 Å². The van der Waals surface area contributed by atoms with E-state index in [1.165, 1.54) is 12.3 Å². The molecule has 1 aromatic carbocycles. The van der Waals surface area contributed by atoms with Crippen LogP contribution in [0.5, 0.6) is 0 Å². The number of aromatic amines is 1. The Balaban J connectivity index is 2.27. The van der Waals surface area contributed by atoms with Gasteiger partial charge < -0.3 is 15.0 Å². The number of benzene rings is 1. The number of ether oxygens (including phenoxy) is 1. The maximum atomic E-state index is 12.4. The Hall–Kier alpha value is -2.60. The molecular formula is C18H19ClN2O4. The molecule has 1 amide bonds. The van der Waals surface area contributed by atoms with Crippen molar-refractivity contribution in [2.24, 2.45) is 0 Å². The van der Waals surface area contributed by atoms with Crippen molar-refractivity contribution in [1.29, 1.82) is 0 Å². The summed E-state index contributed by atoms with van der Waals surface area (Å²) in [5.41, 5.74) is 0.0185. The number of aromatic nitrogens is 1. The average molecular weight is 363 g/mol. The summed E-state index contributed by atoms with van der Waals surface area (Å²) in [5, 5.41) is 3.10. The number of pyridine rings is 1. The summed E-state index contributed by atoms with van der Waals surface area (Å²) in [4.78, 5) is 38.7. The molecule has 0 bridgehead atoms. The highest BCUT2D eigenvalue weighted by Gasteiger charge is 2.23. The molecule has 25 heavy (non-hydrogen) atoms. The summed E-state index contributed by atoms with van der Waals surface area (Å²) in [5.74, 6) is -1.06. The van der Waals surface area contributed by atoms with Gasteiger partial charge in [0.2, 0.25) is 0 Å². The lowest BCUT2D eigenvalue weighted by Crippen LogP contribution is -2.34. The van der Waals surface area contributed by atoms with E-state index in [-0.39, 0.29) is 18.1 Å². The first-order chi connectivity index (χ1) is 11.9. The quantitative estimate of drug-likeness (QED) is 0.773. The molecule has 0 aliphatic heterocycles. The summed E-state index contributed by atoms with van der Waals surface area (Å²) in [7, 11) is 0. The van der Waals surface area contributed by atoms with Crippen molar-refractivity contribution in [2.45, 2.75) is 32.4 Å².